The average Bonchev–Trinajstić information content (AvgIpc) is 3.02. The van der Waals surface area contributed by atoms with Crippen LogP contribution in [0, 0.1) is 5.92 Å². The van der Waals surface area contributed by atoms with Crippen molar-refractivity contribution in [3.8, 4) is 0 Å². The predicted octanol–water partition coefficient (Wildman–Crippen LogP) is 7.49. The number of nitrogens with one attached hydrogen (secondary N) is 1. The van der Waals surface area contributed by atoms with Crippen molar-refractivity contribution in [2.45, 2.75) is 24.6 Å². The van der Waals surface area contributed by atoms with Gasteiger partial charge in [-0.3, -0.25) is 0 Å². The van der Waals surface area contributed by atoms with Crippen LogP contribution in [0.25, 0.3) is 0 Å². The number of fused-ring (bicyclic) bond motifs is 3. The molecule has 26 heavy (non-hydrogen) atoms. The summed E-state index contributed by atoms with van der Waals surface area (Å²) in [6.07, 6.45) is 0.172. The minimum atomic E-state index is -4.48. The van der Waals surface area contributed by atoms with Crippen LogP contribution in [0.15, 0.2) is 42.5 Å². The molecule has 0 bridgehead atoms. The highest BCUT2D eigenvalue weighted by molar-refractivity contribution is 6.35. The molecule has 2 aliphatic rings. The van der Waals surface area contributed by atoms with Crippen molar-refractivity contribution in [2.24, 2.45) is 5.92 Å². The zero-order valence-electron chi connectivity index (χ0n) is 13.2. The van der Waals surface area contributed by atoms with E-state index in [1.807, 2.05) is 12.2 Å². The Morgan fingerprint density at radius 3 is 2.46 bits per heavy atom. The molecule has 0 aromatic heterocycles. The second kappa shape index (κ2) is 6.36. The second-order valence-corrected chi connectivity index (χ2v) is 7.77. The van der Waals surface area contributed by atoms with Gasteiger partial charge in [0.15, 0.2) is 0 Å². The number of hydrogen-bond acceptors (Lipinski definition) is 1. The van der Waals surface area contributed by atoms with Crippen molar-refractivity contribution in [1.82, 2.24) is 0 Å². The molecule has 1 heterocycles. The zero-order chi connectivity index (χ0) is 18.6. The van der Waals surface area contributed by atoms with Crippen LogP contribution in [0.4, 0.5) is 18.9 Å². The highest BCUT2D eigenvalue weighted by atomic mass is 35.5. The van der Waals surface area contributed by atoms with Gasteiger partial charge in [0.1, 0.15) is 0 Å². The van der Waals surface area contributed by atoms with Crippen LogP contribution < -0.4 is 5.32 Å². The van der Waals surface area contributed by atoms with E-state index < -0.39 is 11.7 Å². The Balaban J connectivity index is 1.90. The second-order valence-electron chi connectivity index (χ2n) is 6.52. The van der Waals surface area contributed by atoms with Gasteiger partial charge in [-0.05, 0) is 42.2 Å². The molecule has 0 amide bonds. The lowest BCUT2D eigenvalue weighted by Gasteiger charge is -2.39. The first-order valence-corrected chi connectivity index (χ1v) is 9.18. The minimum absolute atomic E-state index is 0.0298. The molecular weight excluding hydrogens is 406 g/mol. The largest absolute Gasteiger partial charge is 0.418 e. The summed E-state index contributed by atoms with van der Waals surface area (Å²) in [4.78, 5) is 0. The Morgan fingerprint density at radius 2 is 1.77 bits per heavy atom. The van der Waals surface area contributed by atoms with Gasteiger partial charge in [0.25, 0.3) is 0 Å². The molecule has 0 saturated carbocycles. The van der Waals surface area contributed by atoms with Crippen molar-refractivity contribution in [2.75, 3.05) is 5.32 Å². The number of anilines is 1. The van der Waals surface area contributed by atoms with Gasteiger partial charge in [0, 0.05) is 26.5 Å². The van der Waals surface area contributed by atoms with Crippen molar-refractivity contribution >= 4 is 40.5 Å². The van der Waals surface area contributed by atoms with Crippen LogP contribution in [-0.4, -0.2) is 0 Å². The van der Waals surface area contributed by atoms with Gasteiger partial charge < -0.3 is 5.32 Å². The first-order valence-electron chi connectivity index (χ1n) is 8.05. The third-order valence-corrected chi connectivity index (χ3v) is 5.96. The van der Waals surface area contributed by atoms with E-state index in [2.05, 4.69) is 5.32 Å². The van der Waals surface area contributed by atoms with Gasteiger partial charge in [0.2, 0.25) is 0 Å². The van der Waals surface area contributed by atoms with Gasteiger partial charge in [-0.2, -0.15) is 13.2 Å². The van der Waals surface area contributed by atoms with Gasteiger partial charge in [-0.25, -0.2) is 0 Å². The molecule has 136 valence electrons. The van der Waals surface area contributed by atoms with Crippen molar-refractivity contribution in [1.29, 1.82) is 0 Å². The molecule has 0 unspecified atom stereocenters. The molecule has 1 aliphatic carbocycles. The molecular formula is C19H13Cl3F3N. The first-order chi connectivity index (χ1) is 12.3. The predicted molar refractivity (Wildman–Crippen MR) is 99.3 cm³/mol. The van der Waals surface area contributed by atoms with Gasteiger partial charge in [0.05, 0.1) is 17.3 Å². The molecule has 0 fully saturated rings. The fourth-order valence-corrected chi connectivity index (χ4v) is 4.77. The molecule has 2 aromatic rings. The van der Waals surface area contributed by atoms with E-state index in [1.54, 1.807) is 18.2 Å². The number of halogens is 6. The number of hydrogen-bond donors (Lipinski definition) is 1. The minimum Gasteiger partial charge on any atom is -0.377 e. The van der Waals surface area contributed by atoms with E-state index in [0.29, 0.717) is 20.6 Å². The Kier molecular flexibility index (Phi) is 4.41. The molecule has 1 nitrogen and oxygen atoms in total. The molecule has 3 atom stereocenters. The summed E-state index contributed by atoms with van der Waals surface area (Å²) in [5.74, 6) is -0.167. The maximum atomic E-state index is 13.6. The summed E-state index contributed by atoms with van der Waals surface area (Å²) < 4.78 is 40.7. The quantitative estimate of drug-likeness (QED) is 0.473. The Bertz CT molecular complexity index is 908. The van der Waals surface area contributed by atoms with E-state index >= 15 is 0 Å². The lowest BCUT2D eigenvalue weighted by atomic mass is 9.76. The highest BCUT2D eigenvalue weighted by Gasteiger charge is 2.44. The number of benzene rings is 2. The monoisotopic (exact) mass is 417 g/mol. The van der Waals surface area contributed by atoms with Gasteiger partial charge in [-0.1, -0.05) is 53.0 Å². The van der Waals surface area contributed by atoms with Gasteiger partial charge in [-0.15, -0.1) is 0 Å². The Hall–Kier alpha value is -1.36. The van der Waals surface area contributed by atoms with Crippen molar-refractivity contribution in [3.63, 3.8) is 0 Å². The van der Waals surface area contributed by atoms with Crippen LogP contribution in [0.2, 0.25) is 15.1 Å². The molecule has 0 spiro atoms. The van der Waals surface area contributed by atoms with Crippen LogP contribution in [0.3, 0.4) is 0 Å². The molecule has 7 heteroatoms. The summed E-state index contributed by atoms with van der Waals surface area (Å²) in [5.41, 5.74) is 0.551. The van der Waals surface area contributed by atoms with E-state index in [-0.39, 0.29) is 23.6 Å². The summed E-state index contributed by atoms with van der Waals surface area (Å²) in [6, 6.07) is 7.04. The Labute approximate surface area is 163 Å². The average molecular weight is 419 g/mol. The summed E-state index contributed by atoms with van der Waals surface area (Å²) in [7, 11) is 0. The van der Waals surface area contributed by atoms with Crippen molar-refractivity contribution < 1.29 is 13.2 Å². The fraction of sp³-hybridized carbons (Fsp3) is 0.263. The normalized spacial score (nSPS) is 24.2. The third-order valence-electron chi connectivity index (χ3n) is 5.07. The zero-order valence-corrected chi connectivity index (χ0v) is 15.5. The molecule has 1 aliphatic heterocycles. The van der Waals surface area contributed by atoms with Crippen LogP contribution >= 0.6 is 34.8 Å². The fourth-order valence-electron chi connectivity index (χ4n) is 3.96. The SMILES string of the molecule is FC(F)(F)c1ccc(Cl)c2c1N[C@@H](c1ccc(Cl)cc1Cl)[C@@H]1CC=C[C@H]21. The number of rotatable bonds is 1. The molecule has 1 N–H and O–H groups in total. The maximum Gasteiger partial charge on any atom is 0.418 e. The van der Waals surface area contributed by atoms with E-state index in [1.165, 1.54) is 6.07 Å². The van der Waals surface area contributed by atoms with Crippen LogP contribution in [0.1, 0.15) is 35.1 Å². The van der Waals surface area contributed by atoms with E-state index in [0.717, 1.165) is 18.1 Å². The van der Waals surface area contributed by atoms with Crippen LogP contribution in [-0.2, 0) is 6.18 Å². The molecule has 0 saturated heterocycles. The smallest absolute Gasteiger partial charge is 0.377 e. The van der Waals surface area contributed by atoms with Gasteiger partial charge >= 0.3 is 6.18 Å². The molecule has 4 rings (SSSR count). The first kappa shape index (κ1) is 18.0. The van der Waals surface area contributed by atoms with E-state index in [4.69, 9.17) is 34.8 Å². The van der Waals surface area contributed by atoms with Crippen molar-refractivity contribution in [3.05, 3.63) is 74.2 Å². The standard InChI is InChI=1S/C19H13Cl3F3N/c20-9-4-5-12(15(22)8-9)17-11-3-1-2-10(11)16-14(21)7-6-13(18(16)26-17)19(23,24)25/h1-2,4-8,10-11,17,26H,3H2/t10-,11+,17+/m0/s1. The lowest BCUT2D eigenvalue weighted by molar-refractivity contribution is -0.137. The highest BCUT2D eigenvalue weighted by Crippen LogP contribution is 2.55. The maximum absolute atomic E-state index is 13.6. The topological polar surface area (TPSA) is 12.0 Å². The number of alkyl halides is 3. The third kappa shape index (κ3) is 2.88. The van der Waals surface area contributed by atoms with E-state index in [9.17, 15) is 13.2 Å². The lowest BCUT2D eigenvalue weighted by Crippen LogP contribution is -2.31. The summed E-state index contributed by atoms with van der Waals surface area (Å²) in [6.45, 7) is 0. The Morgan fingerprint density at radius 1 is 1.00 bits per heavy atom. The molecule has 0 radical (unpaired) electrons. The van der Waals surface area contributed by atoms with Crippen LogP contribution in [0.5, 0.6) is 0 Å². The molecule has 2 aromatic carbocycles. The summed E-state index contributed by atoms with van der Waals surface area (Å²) in [5, 5.41) is 4.34. The number of allylic oxidation sites excluding steroid dienone is 2. The summed E-state index contributed by atoms with van der Waals surface area (Å²) >= 11 is 18.6.